The number of hydrogen-bond acceptors (Lipinski definition) is 2. The molecule has 2 aromatic rings. The number of carbonyl (C=O) groups excluding carboxylic acids is 1. The molecule has 0 saturated heterocycles. The lowest BCUT2D eigenvalue weighted by Crippen LogP contribution is -2.38. The van der Waals surface area contributed by atoms with E-state index in [2.05, 4.69) is 29.2 Å². The van der Waals surface area contributed by atoms with Crippen LogP contribution in [0.2, 0.25) is 0 Å². The molecular weight excluding hydrogens is 310 g/mol. The Hall–Kier alpha value is -2.13. The maximum absolute atomic E-state index is 13.4. The molecule has 3 nitrogen and oxygen atoms in total. The minimum absolute atomic E-state index is 0.169. The van der Waals surface area contributed by atoms with Crippen molar-refractivity contribution in [3.63, 3.8) is 0 Å². The van der Waals surface area contributed by atoms with Crippen molar-refractivity contribution in [3.8, 4) is 0 Å². The molecule has 2 aromatic carbocycles. The zero-order chi connectivity index (χ0) is 17.2. The topological polar surface area (TPSA) is 29.5 Å². The minimum Gasteiger partial charge on any atom is -0.380 e. The Bertz CT molecular complexity index is 766. The Kier molecular flexibility index (Phi) is 4.58. The van der Waals surface area contributed by atoms with Crippen molar-refractivity contribution in [2.45, 2.75) is 50.8 Å². The van der Waals surface area contributed by atoms with E-state index in [0.717, 1.165) is 43.2 Å². The number of amides is 1. The highest BCUT2D eigenvalue weighted by molar-refractivity contribution is 5.95. The summed E-state index contributed by atoms with van der Waals surface area (Å²) in [6.45, 7) is 0.539. The molecule has 2 aliphatic carbocycles. The molecule has 1 amide bonds. The van der Waals surface area contributed by atoms with Crippen LogP contribution in [-0.2, 0) is 17.8 Å². The van der Waals surface area contributed by atoms with Gasteiger partial charge in [-0.15, -0.1) is 0 Å². The number of ether oxygens (including phenoxy) is 1. The van der Waals surface area contributed by atoms with E-state index in [-0.39, 0.29) is 11.9 Å². The lowest BCUT2D eigenvalue weighted by Gasteiger charge is -2.36. The average molecular weight is 335 g/mol. The number of fused-ring (bicyclic) bond motifs is 1. The highest BCUT2D eigenvalue weighted by Gasteiger charge is 2.39. The second-order valence-corrected chi connectivity index (χ2v) is 7.18. The molecule has 0 radical (unpaired) electrons. The van der Waals surface area contributed by atoms with Gasteiger partial charge >= 0.3 is 0 Å². The standard InChI is InChI=1S/C22H25NO2/c1-25-15-16-6-4-9-18(14-16)22(24)23(19-12-13-19)21-11-5-8-17-7-2-3-10-20(17)21/h2-4,6-7,9-10,14,19,21H,5,8,11-13,15H2,1H3. The van der Waals surface area contributed by atoms with Gasteiger partial charge in [0.25, 0.3) is 5.91 Å². The van der Waals surface area contributed by atoms with E-state index in [1.807, 2.05) is 24.3 Å². The molecule has 1 saturated carbocycles. The number of hydrogen-bond donors (Lipinski definition) is 0. The first-order chi connectivity index (χ1) is 12.3. The molecule has 1 unspecified atom stereocenters. The third-order valence-electron chi connectivity index (χ3n) is 5.33. The highest BCUT2D eigenvalue weighted by atomic mass is 16.5. The normalized spacial score (nSPS) is 19.3. The predicted octanol–water partition coefficient (Wildman–Crippen LogP) is 4.52. The van der Waals surface area contributed by atoms with Crippen molar-refractivity contribution >= 4 is 5.91 Å². The van der Waals surface area contributed by atoms with Crippen molar-refractivity contribution in [2.24, 2.45) is 0 Å². The summed E-state index contributed by atoms with van der Waals surface area (Å²) in [5.74, 6) is 0.169. The number of carbonyl (C=O) groups is 1. The lowest BCUT2D eigenvalue weighted by atomic mass is 9.86. The monoisotopic (exact) mass is 335 g/mol. The Morgan fingerprint density at radius 3 is 2.76 bits per heavy atom. The van der Waals surface area contributed by atoms with Crippen molar-refractivity contribution in [1.29, 1.82) is 0 Å². The van der Waals surface area contributed by atoms with Crippen LogP contribution >= 0.6 is 0 Å². The third-order valence-corrected chi connectivity index (χ3v) is 5.33. The minimum atomic E-state index is 0.169. The molecular formula is C22H25NO2. The van der Waals surface area contributed by atoms with E-state index in [0.29, 0.717) is 12.6 Å². The van der Waals surface area contributed by atoms with Gasteiger partial charge in [0.15, 0.2) is 0 Å². The number of aryl methyl sites for hydroxylation is 1. The van der Waals surface area contributed by atoms with Gasteiger partial charge in [-0.25, -0.2) is 0 Å². The Labute approximate surface area is 149 Å². The summed E-state index contributed by atoms with van der Waals surface area (Å²) in [7, 11) is 1.68. The van der Waals surface area contributed by atoms with Gasteiger partial charge < -0.3 is 9.64 Å². The van der Waals surface area contributed by atoms with Gasteiger partial charge in [0.05, 0.1) is 12.6 Å². The van der Waals surface area contributed by atoms with Crippen LogP contribution in [0.1, 0.15) is 58.8 Å². The fourth-order valence-electron chi connectivity index (χ4n) is 4.04. The third kappa shape index (κ3) is 3.34. The van der Waals surface area contributed by atoms with Crippen LogP contribution in [0.4, 0.5) is 0 Å². The van der Waals surface area contributed by atoms with E-state index < -0.39 is 0 Å². The fourth-order valence-corrected chi connectivity index (χ4v) is 4.04. The maximum Gasteiger partial charge on any atom is 0.254 e. The second-order valence-electron chi connectivity index (χ2n) is 7.18. The predicted molar refractivity (Wildman–Crippen MR) is 98.5 cm³/mol. The van der Waals surface area contributed by atoms with Gasteiger partial charge in [0.1, 0.15) is 0 Å². The highest BCUT2D eigenvalue weighted by Crippen LogP contribution is 2.41. The van der Waals surface area contributed by atoms with E-state index >= 15 is 0 Å². The number of nitrogens with zero attached hydrogens (tertiary/aromatic N) is 1. The van der Waals surface area contributed by atoms with Crippen molar-refractivity contribution in [3.05, 3.63) is 70.8 Å². The summed E-state index contributed by atoms with van der Waals surface area (Å²) in [6.07, 6.45) is 5.60. The van der Waals surface area contributed by atoms with Crippen LogP contribution in [0.25, 0.3) is 0 Å². The molecule has 130 valence electrons. The summed E-state index contributed by atoms with van der Waals surface area (Å²) in [6, 6.07) is 17.1. The fraction of sp³-hybridized carbons (Fsp3) is 0.409. The van der Waals surface area contributed by atoms with Crippen LogP contribution in [0.15, 0.2) is 48.5 Å². The summed E-state index contributed by atoms with van der Waals surface area (Å²) in [4.78, 5) is 15.5. The molecule has 0 heterocycles. The smallest absolute Gasteiger partial charge is 0.254 e. The SMILES string of the molecule is COCc1cccc(C(=O)N(C2CC2)C2CCCc3ccccc32)c1. The molecule has 1 atom stereocenters. The number of rotatable bonds is 5. The molecule has 4 rings (SSSR count). The molecule has 0 spiro atoms. The van der Waals surface area contributed by atoms with Gasteiger partial charge in [0, 0.05) is 18.7 Å². The van der Waals surface area contributed by atoms with Crippen LogP contribution in [0.5, 0.6) is 0 Å². The van der Waals surface area contributed by atoms with Crippen LogP contribution < -0.4 is 0 Å². The van der Waals surface area contributed by atoms with E-state index in [9.17, 15) is 4.79 Å². The van der Waals surface area contributed by atoms with Gasteiger partial charge in [-0.3, -0.25) is 4.79 Å². The largest absolute Gasteiger partial charge is 0.380 e. The first-order valence-corrected chi connectivity index (χ1v) is 9.26. The Morgan fingerprint density at radius 1 is 1.12 bits per heavy atom. The lowest BCUT2D eigenvalue weighted by molar-refractivity contribution is 0.0637. The molecule has 1 fully saturated rings. The van der Waals surface area contributed by atoms with Gasteiger partial charge in [0.2, 0.25) is 0 Å². The van der Waals surface area contributed by atoms with Crippen molar-refractivity contribution in [1.82, 2.24) is 4.90 Å². The number of benzene rings is 2. The molecule has 3 heteroatoms. The van der Waals surface area contributed by atoms with Gasteiger partial charge in [-0.05, 0) is 60.9 Å². The molecule has 25 heavy (non-hydrogen) atoms. The first-order valence-electron chi connectivity index (χ1n) is 9.26. The van der Waals surface area contributed by atoms with Gasteiger partial charge in [-0.2, -0.15) is 0 Å². The number of methoxy groups -OCH3 is 1. The summed E-state index contributed by atoms with van der Waals surface area (Å²) in [5, 5.41) is 0. The zero-order valence-electron chi connectivity index (χ0n) is 14.8. The molecule has 0 bridgehead atoms. The van der Waals surface area contributed by atoms with E-state index in [4.69, 9.17) is 4.74 Å². The van der Waals surface area contributed by atoms with Gasteiger partial charge in [-0.1, -0.05) is 36.4 Å². The van der Waals surface area contributed by atoms with Crippen LogP contribution in [-0.4, -0.2) is 24.0 Å². The summed E-state index contributed by atoms with van der Waals surface area (Å²) >= 11 is 0. The molecule has 2 aliphatic rings. The van der Waals surface area contributed by atoms with Crippen molar-refractivity contribution < 1.29 is 9.53 Å². The van der Waals surface area contributed by atoms with E-state index in [1.165, 1.54) is 11.1 Å². The quantitative estimate of drug-likeness (QED) is 0.804. The van der Waals surface area contributed by atoms with Crippen LogP contribution in [0.3, 0.4) is 0 Å². The average Bonchev–Trinajstić information content (AvgIpc) is 3.48. The summed E-state index contributed by atoms with van der Waals surface area (Å²) in [5.41, 5.74) is 4.59. The van der Waals surface area contributed by atoms with Crippen molar-refractivity contribution in [2.75, 3.05) is 7.11 Å². The molecule has 0 aliphatic heterocycles. The second kappa shape index (κ2) is 7.01. The zero-order valence-corrected chi connectivity index (χ0v) is 14.8. The van der Waals surface area contributed by atoms with Crippen LogP contribution in [0, 0.1) is 0 Å². The molecule has 0 N–H and O–H groups in total. The van der Waals surface area contributed by atoms with E-state index in [1.54, 1.807) is 7.11 Å². The maximum atomic E-state index is 13.4. The first kappa shape index (κ1) is 16.3. The molecule has 0 aromatic heterocycles. The Morgan fingerprint density at radius 2 is 1.96 bits per heavy atom. The summed E-state index contributed by atoms with van der Waals surface area (Å²) < 4.78 is 5.22. The Balaban J connectivity index is 1.66.